The highest BCUT2D eigenvalue weighted by molar-refractivity contribution is 7.26. The summed E-state index contributed by atoms with van der Waals surface area (Å²) in [4.78, 5) is 10.6. The van der Waals surface area contributed by atoms with Gasteiger partial charge >= 0.3 is 0 Å². The number of hydrogen-bond acceptors (Lipinski definition) is 5. The van der Waals surface area contributed by atoms with Gasteiger partial charge in [0.25, 0.3) is 0 Å². The Hall–Kier alpha value is -7.28. The number of rotatable bonds is 5. The molecule has 1 aliphatic heterocycles. The van der Waals surface area contributed by atoms with Gasteiger partial charge in [0.05, 0.1) is 16.6 Å². The Balaban J connectivity index is 1.09. The third kappa shape index (κ3) is 5.08. The summed E-state index contributed by atoms with van der Waals surface area (Å²) in [6, 6.07) is 64.5. The van der Waals surface area contributed by atoms with Crippen LogP contribution >= 0.6 is 11.3 Å². The molecule has 1 atom stereocenters. The minimum Gasteiger partial charge on any atom is -0.455 e. The molecule has 5 nitrogen and oxygen atoms in total. The second-order valence-electron chi connectivity index (χ2n) is 14.6. The molecule has 0 fully saturated rings. The monoisotopic (exact) mass is 748 g/mol. The van der Waals surface area contributed by atoms with Gasteiger partial charge in [-0.1, -0.05) is 121 Å². The Kier molecular flexibility index (Phi) is 7.09. The molecule has 1 aliphatic rings. The molecular formula is C51H32N4OS. The van der Waals surface area contributed by atoms with Crippen molar-refractivity contribution in [1.29, 1.82) is 0 Å². The Morgan fingerprint density at radius 3 is 2.12 bits per heavy atom. The molecule has 12 rings (SSSR count). The number of fused-ring (bicyclic) bond motifs is 9. The lowest BCUT2D eigenvalue weighted by Gasteiger charge is -2.24. The van der Waals surface area contributed by atoms with Gasteiger partial charge in [-0.2, -0.15) is 0 Å². The number of hydrogen-bond donors (Lipinski definition) is 1. The average Bonchev–Trinajstić information content (AvgIpc) is 3.96. The number of aliphatic imine (C=N–C) groups is 2. The maximum atomic E-state index is 6.51. The lowest BCUT2D eigenvalue weighted by atomic mass is 9.95. The van der Waals surface area contributed by atoms with E-state index in [9.17, 15) is 0 Å². The fourth-order valence-electron chi connectivity index (χ4n) is 8.66. The zero-order valence-corrected chi connectivity index (χ0v) is 31.4. The van der Waals surface area contributed by atoms with E-state index < -0.39 is 0 Å². The second-order valence-corrected chi connectivity index (χ2v) is 15.7. The van der Waals surface area contributed by atoms with E-state index in [1.54, 1.807) is 0 Å². The molecule has 57 heavy (non-hydrogen) atoms. The summed E-state index contributed by atoms with van der Waals surface area (Å²) in [7, 11) is 0. The Morgan fingerprint density at radius 1 is 0.526 bits per heavy atom. The molecular weight excluding hydrogens is 717 g/mol. The van der Waals surface area contributed by atoms with Gasteiger partial charge in [-0.3, -0.25) is 0 Å². The van der Waals surface area contributed by atoms with Crippen molar-refractivity contribution in [1.82, 2.24) is 9.88 Å². The molecule has 0 bridgehead atoms. The molecule has 0 spiro atoms. The quantitative estimate of drug-likeness (QED) is 0.191. The van der Waals surface area contributed by atoms with Crippen molar-refractivity contribution < 1.29 is 4.42 Å². The summed E-state index contributed by atoms with van der Waals surface area (Å²) < 4.78 is 11.3. The summed E-state index contributed by atoms with van der Waals surface area (Å²) in [6.07, 6.45) is -0.352. The third-order valence-electron chi connectivity index (χ3n) is 11.3. The number of nitrogens with one attached hydrogen (secondary N) is 1. The van der Waals surface area contributed by atoms with E-state index in [2.05, 4.69) is 174 Å². The molecule has 0 amide bonds. The molecule has 3 aromatic heterocycles. The summed E-state index contributed by atoms with van der Waals surface area (Å²) >= 11 is 1.82. The van der Waals surface area contributed by atoms with E-state index in [0.29, 0.717) is 5.84 Å². The average molecular weight is 749 g/mol. The summed E-state index contributed by atoms with van der Waals surface area (Å²) in [6.45, 7) is 0. The van der Waals surface area contributed by atoms with Crippen molar-refractivity contribution in [2.45, 2.75) is 6.17 Å². The van der Waals surface area contributed by atoms with Gasteiger partial charge in [0, 0.05) is 53.0 Å². The highest BCUT2D eigenvalue weighted by Gasteiger charge is 2.25. The molecule has 1 unspecified atom stereocenters. The van der Waals surface area contributed by atoms with Crippen LogP contribution in [0, 0.1) is 0 Å². The lowest BCUT2D eigenvalue weighted by molar-refractivity contribution is 0.663. The maximum Gasteiger partial charge on any atom is 0.163 e. The van der Waals surface area contributed by atoms with Crippen LogP contribution in [0.4, 0.5) is 0 Å². The highest BCUT2D eigenvalue weighted by atomic mass is 32.1. The van der Waals surface area contributed by atoms with Gasteiger partial charge < -0.3 is 14.3 Å². The lowest BCUT2D eigenvalue weighted by Crippen LogP contribution is -2.33. The first-order valence-corrected chi connectivity index (χ1v) is 20.0. The minimum absolute atomic E-state index is 0.352. The van der Waals surface area contributed by atoms with E-state index in [1.165, 1.54) is 47.5 Å². The van der Waals surface area contributed by atoms with Gasteiger partial charge in [0.1, 0.15) is 23.2 Å². The number of aromatic nitrogens is 1. The first kappa shape index (κ1) is 32.0. The van der Waals surface area contributed by atoms with E-state index in [0.717, 1.165) is 55.7 Å². The number of thiophene rings is 1. The number of nitrogens with zero attached hydrogens (tertiary/aromatic N) is 3. The van der Waals surface area contributed by atoms with Crippen LogP contribution in [0.15, 0.2) is 196 Å². The Bertz CT molecular complexity index is 3450. The largest absolute Gasteiger partial charge is 0.455 e. The predicted molar refractivity (Wildman–Crippen MR) is 238 cm³/mol. The molecule has 0 aliphatic carbocycles. The first-order chi connectivity index (χ1) is 28.2. The first-order valence-electron chi connectivity index (χ1n) is 19.2. The van der Waals surface area contributed by atoms with Crippen LogP contribution in [-0.4, -0.2) is 16.2 Å². The van der Waals surface area contributed by atoms with E-state index in [-0.39, 0.29) is 6.17 Å². The van der Waals surface area contributed by atoms with Crippen LogP contribution in [0.1, 0.15) is 22.9 Å². The molecule has 6 heteroatoms. The molecule has 268 valence electrons. The number of benzene rings is 8. The third-order valence-corrected chi connectivity index (χ3v) is 12.4. The molecule has 0 radical (unpaired) electrons. The molecule has 1 N–H and O–H groups in total. The van der Waals surface area contributed by atoms with Gasteiger partial charge in [-0.05, 0) is 77.4 Å². The van der Waals surface area contributed by atoms with Gasteiger partial charge in [0.15, 0.2) is 5.84 Å². The standard InChI is InChI=1S/C51H32N4OS/c1-3-14-31(15-4-1)49-52-50(54-51(53-49)39-22-13-21-37-36-19-8-11-24-44(36)56-48(37)39)33-29-40(47-38-20-9-12-25-45(38)57-46(47)30-33)32-26-27-43-41(28-32)35-18-7-10-23-42(35)55(43)34-16-5-2-6-17-34/h1-30,49H,(H,52,53,54). The highest BCUT2D eigenvalue weighted by Crippen LogP contribution is 2.43. The SMILES string of the molecule is c1ccc(C2N=C(c3cccc4c3oc3ccccc34)N=C(c3cc(-c4ccc5c(c4)c4ccccc4n5-c4ccccc4)c4c(c3)sc3ccccc34)N2)cc1. The van der Waals surface area contributed by atoms with Crippen LogP contribution in [0.3, 0.4) is 0 Å². The van der Waals surface area contributed by atoms with Crippen molar-refractivity contribution in [3.63, 3.8) is 0 Å². The van der Waals surface area contributed by atoms with E-state index >= 15 is 0 Å². The van der Waals surface area contributed by atoms with Crippen molar-refractivity contribution in [2.75, 3.05) is 0 Å². The fraction of sp³-hybridized carbons (Fsp3) is 0.0196. The fourth-order valence-corrected chi connectivity index (χ4v) is 9.83. The van der Waals surface area contributed by atoms with Crippen LogP contribution in [0.5, 0.6) is 0 Å². The van der Waals surface area contributed by atoms with Gasteiger partial charge in [-0.25, -0.2) is 9.98 Å². The van der Waals surface area contributed by atoms with Crippen LogP contribution in [-0.2, 0) is 0 Å². The molecule has 0 saturated heterocycles. The molecule has 8 aromatic carbocycles. The molecule has 0 saturated carbocycles. The van der Waals surface area contributed by atoms with Gasteiger partial charge in [0.2, 0.25) is 0 Å². The summed E-state index contributed by atoms with van der Waals surface area (Å²) in [5.41, 5.74) is 10.4. The van der Waals surface area contributed by atoms with E-state index in [4.69, 9.17) is 14.4 Å². The maximum absolute atomic E-state index is 6.51. The zero-order valence-electron chi connectivity index (χ0n) is 30.6. The Labute approximate surface area is 331 Å². The molecule has 4 heterocycles. The van der Waals surface area contributed by atoms with Crippen molar-refractivity contribution in [2.24, 2.45) is 9.98 Å². The zero-order chi connectivity index (χ0) is 37.5. The summed E-state index contributed by atoms with van der Waals surface area (Å²) in [5, 5.41) is 10.8. The molecule has 11 aromatic rings. The minimum atomic E-state index is -0.352. The number of para-hydroxylation sites is 4. The van der Waals surface area contributed by atoms with Crippen molar-refractivity contribution in [3.8, 4) is 16.8 Å². The van der Waals surface area contributed by atoms with Crippen molar-refractivity contribution >= 4 is 86.9 Å². The van der Waals surface area contributed by atoms with Crippen LogP contribution in [0.2, 0.25) is 0 Å². The topological polar surface area (TPSA) is 54.8 Å². The predicted octanol–water partition coefficient (Wildman–Crippen LogP) is 13.2. The van der Waals surface area contributed by atoms with Gasteiger partial charge in [-0.15, -0.1) is 11.3 Å². The number of furan rings is 1. The van der Waals surface area contributed by atoms with Crippen molar-refractivity contribution in [3.05, 3.63) is 199 Å². The number of amidine groups is 2. The summed E-state index contributed by atoms with van der Waals surface area (Å²) in [5.74, 6) is 1.40. The Morgan fingerprint density at radius 2 is 1.25 bits per heavy atom. The van der Waals surface area contributed by atoms with Crippen LogP contribution < -0.4 is 5.32 Å². The smallest absolute Gasteiger partial charge is 0.163 e. The normalized spacial score (nSPS) is 14.5. The second kappa shape index (κ2) is 12.6. The van der Waals surface area contributed by atoms with Crippen LogP contribution in [0.25, 0.3) is 80.7 Å². The van der Waals surface area contributed by atoms with E-state index in [1.807, 2.05) is 29.5 Å².